The molecule has 0 saturated heterocycles. The maximum absolute atomic E-state index is 11.6. The van der Waals surface area contributed by atoms with E-state index in [0.717, 1.165) is 18.4 Å². The first-order chi connectivity index (χ1) is 9.04. The summed E-state index contributed by atoms with van der Waals surface area (Å²) in [6.45, 7) is 2.34. The maximum Gasteiger partial charge on any atom is 0.354 e. The topological polar surface area (TPSA) is 105 Å². The summed E-state index contributed by atoms with van der Waals surface area (Å²) < 4.78 is 0. The Balaban J connectivity index is 2.43. The number of unbranched alkanes of at least 4 members (excludes halogenated alkanes) is 1. The summed E-state index contributed by atoms with van der Waals surface area (Å²) in [5.74, 6) is -1.27. The van der Waals surface area contributed by atoms with Gasteiger partial charge in [-0.15, -0.1) is 0 Å². The Morgan fingerprint density at radius 2 is 2.21 bits per heavy atom. The molecule has 0 aliphatic carbocycles. The molecule has 1 aromatic rings. The molecule has 6 heteroatoms. The number of hydrogen-bond acceptors (Lipinski definition) is 4. The summed E-state index contributed by atoms with van der Waals surface area (Å²) in [7, 11) is 0. The summed E-state index contributed by atoms with van der Waals surface area (Å²) >= 11 is 0. The molecule has 6 nitrogen and oxygen atoms in total. The van der Waals surface area contributed by atoms with E-state index in [4.69, 9.17) is 10.8 Å². The van der Waals surface area contributed by atoms with Crippen LogP contribution in [-0.2, 0) is 11.3 Å². The van der Waals surface area contributed by atoms with Gasteiger partial charge in [0.2, 0.25) is 5.91 Å². The Labute approximate surface area is 112 Å². The number of nitrogens with zero attached hydrogens (tertiary/aromatic N) is 1. The highest BCUT2D eigenvalue weighted by Gasteiger charge is 2.12. The van der Waals surface area contributed by atoms with Gasteiger partial charge in [-0.05, 0) is 18.1 Å². The number of carboxylic acid groups (broad SMARTS) is 1. The van der Waals surface area contributed by atoms with Crippen molar-refractivity contribution in [3.63, 3.8) is 0 Å². The molecular weight excluding hydrogens is 246 g/mol. The number of aromatic carboxylic acids is 1. The zero-order valence-corrected chi connectivity index (χ0v) is 10.9. The third-order valence-corrected chi connectivity index (χ3v) is 2.72. The Hall–Kier alpha value is -1.95. The molecule has 0 radical (unpaired) electrons. The Bertz CT molecular complexity index is 431. The van der Waals surface area contributed by atoms with Gasteiger partial charge < -0.3 is 16.2 Å². The number of rotatable bonds is 7. The molecule has 1 rings (SSSR count). The molecule has 1 heterocycles. The van der Waals surface area contributed by atoms with Crippen molar-refractivity contribution in [2.24, 2.45) is 5.73 Å². The summed E-state index contributed by atoms with van der Waals surface area (Å²) in [5, 5.41) is 11.4. The number of nitrogens with one attached hydrogen (secondary N) is 1. The molecule has 0 spiro atoms. The molecule has 0 aliphatic rings. The van der Waals surface area contributed by atoms with Gasteiger partial charge in [-0.1, -0.05) is 25.8 Å². The minimum atomic E-state index is -1.07. The van der Waals surface area contributed by atoms with E-state index >= 15 is 0 Å². The monoisotopic (exact) mass is 265 g/mol. The Kier molecular flexibility index (Phi) is 5.95. The van der Waals surface area contributed by atoms with Gasteiger partial charge in [-0.25, -0.2) is 9.78 Å². The lowest BCUT2D eigenvalue weighted by Crippen LogP contribution is -2.40. The van der Waals surface area contributed by atoms with Crippen LogP contribution in [0.1, 0.15) is 42.2 Å². The van der Waals surface area contributed by atoms with Crippen LogP contribution >= 0.6 is 0 Å². The second-order valence-corrected chi connectivity index (χ2v) is 4.32. The number of aromatic nitrogens is 1. The zero-order chi connectivity index (χ0) is 14.3. The largest absolute Gasteiger partial charge is 0.477 e. The number of hydrogen-bond donors (Lipinski definition) is 3. The third kappa shape index (κ3) is 5.05. The van der Waals surface area contributed by atoms with Crippen LogP contribution in [0, 0.1) is 0 Å². The number of carboxylic acids is 1. The quantitative estimate of drug-likeness (QED) is 0.679. The van der Waals surface area contributed by atoms with Crippen molar-refractivity contribution >= 4 is 11.9 Å². The van der Waals surface area contributed by atoms with Crippen LogP contribution in [0.2, 0.25) is 0 Å². The van der Waals surface area contributed by atoms with E-state index in [2.05, 4.69) is 10.3 Å². The van der Waals surface area contributed by atoms with E-state index in [1.54, 1.807) is 6.07 Å². The second kappa shape index (κ2) is 7.48. The molecule has 0 unspecified atom stereocenters. The molecule has 104 valence electrons. The average molecular weight is 265 g/mol. The number of nitrogens with two attached hydrogens (primary N) is 1. The van der Waals surface area contributed by atoms with E-state index in [1.807, 2.05) is 6.92 Å². The molecule has 0 aliphatic heterocycles. The van der Waals surface area contributed by atoms with Crippen LogP contribution in [0.4, 0.5) is 0 Å². The highest BCUT2D eigenvalue weighted by atomic mass is 16.4. The second-order valence-electron chi connectivity index (χ2n) is 4.32. The van der Waals surface area contributed by atoms with Crippen LogP contribution < -0.4 is 11.1 Å². The predicted octanol–water partition coefficient (Wildman–Crippen LogP) is 0.913. The average Bonchev–Trinajstić information content (AvgIpc) is 2.42. The van der Waals surface area contributed by atoms with Crippen molar-refractivity contribution in [3.05, 3.63) is 29.6 Å². The fraction of sp³-hybridized carbons (Fsp3) is 0.462. The molecule has 19 heavy (non-hydrogen) atoms. The van der Waals surface area contributed by atoms with Gasteiger partial charge in [0.1, 0.15) is 5.69 Å². The van der Waals surface area contributed by atoms with E-state index in [1.165, 1.54) is 12.3 Å². The van der Waals surface area contributed by atoms with E-state index < -0.39 is 12.0 Å². The van der Waals surface area contributed by atoms with Gasteiger partial charge in [0.15, 0.2) is 0 Å². The van der Waals surface area contributed by atoms with Crippen molar-refractivity contribution in [3.8, 4) is 0 Å². The normalized spacial score (nSPS) is 11.9. The molecule has 0 fully saturated rings. The van der Waals surface area contributed by atoms with E-state index in [0.29, 0.717) is 13.0 Å². The molecule has 4 N–H and O–H groups in total. The molecule has 0 bridgehead atoms. The van der Waals surface area contributed by atoms with E-state index in [-0.39, 0.29) is 11.6 Å². The third-order valence-electron chi connectivity index (χ3n) is 2.72. The molecule has 1 atom stereocenters. The number of pyridine rings is 1. The van der Waals surface area contributed by atoms with Crippen molar-refractivity contribution in [2.75, 3.05) is 0 Å². The van der Waals surface area contributed by atoms with Gasteiger partial charge >= 0.3 is 5.97 Å². The lowest BCUT2D eigenvalue weighted by molar-refractivity contribution is -0.122. The fourth-order valence-electron chi connectivity index (χ4n) is 1.53. The molecule has 1 aromatic heterocycles. The highest BCUT2D eigenvalue weighted by molar-refractivity contribution is 5.85. The van der Waals surface area contributed by atoms with Crippen molar-refractivity contribution in [1.82, 2.24) is 10.3 Å². The fourth-order valence-corrected chi connectivity index (χ4v) is 1.53. The van der Waals surface area contributed by atoms with Crippen LogP contribution in [0.5, 0.6) is 0 Å². The summed E-state index contributed by atoms with van der Waals surface area (Å²) in [6, 6.07) is 2.53. The van der Waals surface area contributed by atoms with E-state index in [9.17, 15) is 9.59 Å². The van der Waals surface area contributed by atoms with Gasteiger partial charge in [0.25, 0.3) is 0 Å². The zero-order valence-electron chi connectivity index (χ0n) is 10.9. The lowest BCUT2D eigenvalue weighted by atomic mass is 10.1. The van der Waals surface area contributed by atoms with Crippen LogP contribution in [-0.4, -0.2) is 28.0 Å². The number of amides is 1. The van der Waals surface area contributed by atoms with Crippen LogP contribution in [0.25, 0.3) is 0 Å². The van der Waals surface area contributed by atoms with Gasteiger partial charge in [-0.2, -0.15) is 0 Å². The molecule has 0 saturated carbocycles. The van der Waals surface area contributed by atoms with Gasteiger partial charge in [0, 0.05) is 12.7 Å². The molecular formula is C13H19N3O3. The first kappa shape index (κ1) is 15.1. The predicted molar refractivity (Wildman–Crippen MR) is 70.5 cm³/mol. The first-order valence-electron chi connectivity index (χ1n) is 6.26. The highest BCUT2D eigenvalue weighted by Crippen LogP contribution is 2.02. The van der Waals surface area contributed by atoms with Crippen LogP contribution in [0.3, 0.4) is 0 Å². The summed E-state index contributed by atoms with van der Waals surface area (Å²) in [4.78, 5) is 26.0. The molecule has 0 aromatic carbocycles. The first-order valence-corrected chi connectivity index (χ1v) is 6.26. The SMILES string of the molecule is CCCC[C@H](N)C(=O)NCc1ccc(C(=O)O)nc1. The number of carbonyl (C=O) groups excluding carboxylic acids is 1. The number of carbonyl (C=O) groups is 2. The van der Waals surface area contributed by atoms with Crippen molar-refractivity contribution < 1.29 is 14.7 Å². The maximum atomic E-state index is 11.6. The lowest BCUT2D eigenvalue weighted by Gasteiger charge is -2.11. The summed E-state index contributed by atoms with van der Waals surface area (Å²) in [5.41, 5.74) is 6.44. The minimum Gasteiger partial charge on any atom is -0.477 e. The summed E-state index contributed by atoms with van der Waals surface area (Å²) in [6.07, 6.45) is 4.02. The Morgan fingerprint density at radius 3 is 2.74 bits per heavy atom. The van der Waals surface area contributed by atoms with Gasteiger partial charge in [0.05, 0.1) is 6.04 Å². The smallest absolute Gasteiger partial charge is 0.354 e. The minimum absolute atomic E-state index is 0.0188. The molecule has 1 amide bonds. The van der Waals surface area contributed by atoms with Crippen molar-refractivity contribution in [2.45, 2.75) is 38.8 Å². The van der Waals surface area contributed by atoms with Crippen molar-refractivity contribution in [1.29, 1.82) is 0 Å². The van der Waals surface area contributed by atoms with Crippen LogP contribution in [0.15, 0.2) is 18.3 Å². The standard InChI is InChI=1S/C13H19N3O3/c1-2-3-4-10(14)12(17)16-8-9-5-6-11(13(18)19)15-7-9/h5-7,10H,2-4,8,14H2,1H3,(H,16,17)(H,18,19)/t10-/m0/s1. The Morgan fingerprint density at radius 1 is 1.47 bits per heavy atom. The van der Waals surface area contributed by atoms with Gasteiger partial charge in [-0.3, -0.25) is 4.79 Å².